The highest BCUT2D eigenvalue weighted by Crippen LogP contribution is 2.26. The van der Waals surface area contributed by atoms with Crippen LogP contribution in [-0.2, 0) is 15.9 Å². The molecular formula is C14H20O3. The smallest absolute Gasteiger partial charge is 0.165 e. The van der Waals surface area contributed by atoms with Gasteiger partial charge in [0.25, 0.3) is 0 Å². The molecule has 94 valence electrons. The van der Waals surface area contributed by atoms with Gasteiger partial charge in [0.2, 0.25) is 0 Å². The largest absolute Gasteiger partial charge is 0.368 e. The zero-order valence-electron chi connectivity index (χ0n) is 10.4. The van der Waals surface area contributed by atoms with Crippen molar-refractivity contribution in [2.24, 2.45) is 5.92 Å². The Morgan fingerprint density at radius 1 is 1.18 bits per heavy atom. The minimum atomic E-state index is -0.720. The molecule has 0 aliphatic carbocycles. The second kappa shape index (κ2) is 5.63. The fourth-order valence-corrected chi connectivity index (χ4v) is 2.18. The molecule has 2 rings (SSSR count). The van der Waals surface area contributed by atoms with Gasteiger partial charge in [-0.2, -0.15) is 0 Å². The second-order valence-corrected chi connectivity index (χ2v) is 4.59. The third kappa shape index (κ3) is 3.06. The molecule has 4 atom stereocenters. The van der Waals surface area contributed by atoms with Crippen molar-refractivity contribution in [3.8, 4) is 0 Å². The highest BCUT2D eigenvalue weighted by molar-refractivity contribution is 5.15. The molecule has 1 aliphatic heterocycles. The van der Waals surface area contributed by atoms with Crippen LogP contribution < -0.4 is 0 Å². The lowest BCUT2D eigenvalue weighted by molar-refractivity contribution is -0.317. The van der Waals surface area contributed by atoms with Crippen molar-refractivity contribution in [2.45, 2.75) is 45.4 Å². The number of ether oxygens (including phenoxy) is 2. The molecule has 3 nitrogen and oxygen atoms in total. The summed E-state index contributed by atoms with van der Waals surface area (Å²) in [5, 5.41) is 9.83. The molecule has 1 heterocycles. The van der Waals surface area contributed by atoms with E-state index in [1.54, 1.807) is 0 Å². The van der Waals surface area contributed by atoms with E-state index in [9.17, 15) is 5.11 Å². The molecule has 17 heavy (non-hydrogen) atoms. The van der Waals surface area contributed by atoms with Gasteiger partial charge in [-0.15, -0.1) is 0 Å². The standard InChI is InChI=1S/C14H20O3/c1-3-12-10(2)14(15)17-13(16-12)9-11-7-5-4-6-8-11/h4-8,10,12-15H,3,9H2,1-2H3. The average Bonchev–Trinajstić information content (AvgIpc) is 2.35. The summed E-state index contributed by atoms with van der Waals surface area (Å²) in [5.74, 6) is 0.0343. The van der Waals surface area contributed by atoms with Crippen molar-refractivity contribution < 1.29 is 14.6 Å². The van der Waals surface area contributed by atoms with Crippen molar-refractivity contribution in [3.05, 3.63) is 35.9 Å². The number of hydrogen-bond acceptors (Lipinski definition) is 3. The quantitative estimate of drug-likeness (QED) is 0.875. The van der Waals surface area contributed by atoms with E-state index in [0.29, 0.717) is 6.42 Å². The molecular weight excluding hydrogens is 216 g/mol. The van der Waals surface area contributed by atoms with Crippen LogP contribution in [0.1, 0.15) is 25.8 Å². The van der Waals surface area contributed by atoms with E-state index in [4.69, 9.17) is 9.47 Å². The number of hydrogen-bond donors (Lipinski definition) is 1. The maximum atomic E-state index is 9.83. The van der Waals surface area contributed by atoms with Gasteiger partial charge in [-0.3, -0.25) is 0 Å². The molecule has 0 spiro atoms. The van der Waals surface area contributed by atoms with Crippen molar-refractivity contribution in [2.75, 3.05) is 0 Å². The van der Waals surface area contributed by atoms with E-state index in [-0.39, 0.29) is 18.3 Å². The predicted octanol–water partition coefficient (Wildman–Crippen LogP) is 2.34. The molecule has 1 aromatic carbocycles. The minimum absolute atomic E-state index is 0.0343. The molecule has 0 bridgehead atoms. The van der Waals surface area contributed by atoms with Crippen molar-refractivity contribution >= 4 is 0 Å². The second-order valence-electron chi connectivity index (χ2n) is 4.59. The van der Waals surface area contributed by atoms with Gasteiger partial charge >= 0.3 is 0 Å². The van der Waals surface area contributed by atoms with Gasteiger partial charge in [0.05, 0.1) is 6.10 Å². The van der Waals surface area contributed by atoms with Crippen LogP contribution >= 0.6 is 0 Å². The van der Waals surface area contributed by atoms with Crippen LogP contribution in [0.2, 0.25) is 0 Å². The average molecular weight is 236 g/mol. The fourth-order valence-electron chi connectivity index (χ4n) is 2.18. The van der Waals surface area contributed by atoms with Crippen molar-refractivity contribution in [3.63, 3.8) is 0 Å². The van der Waals surface area contributed by atoms with Gasteiger partial charge < -0.3 is 14.6 Å². The summed E-state index contributed by atoms with van der Waals surface area (Å²) in [6, 6.07) is 10.1. The normalized spacial score (nSPS) is 33.6. The zero-order valence-corrected chi connectivity index (χ0v) is 10.4. The molecule has 1 saturated heterocycles. The summed E-state index contributed by atoms with van der Waals surface area (Å²) >= 11 is 0. The van der Waals surface area contributed by atoms with Gasteiger partial charge in [-0.25, -0.2) is 0 Å². The molecule has 1 fully saturated rings. The molecule has 1 aromatic rings. The Kier molecular flexibility index (Phi) is 4.15. The lowest BCUT2D eigenvalue weighted by Gasteiger charge is -2.38. The maximum absolute atomic E-state index is 9.83. The van der Waals surface area contributed by atoms with E-state index in [1.165, 1.54) is 0 Å². The Morgan fingerprint density at radius 3 is 2.53 bits per heavy atom. The third-order valence-electron chi connectivity index (χ3n) is 3.30. The van der Waals surface area contributed by atoms with Crippen LogP contribution in [0.15, 0.2) is 30.3 Å². The zero-order chi connectivity index (χ0) is 12.3. The van der Waals surface area contributed by atoms with Crippen LogP contribution in [-0.4, -0.2) is 23.8 Å². The molecule has 0 radical (unpaired) electrons. The minimum Gasteiger partial charge on any atom is -0.368 e. The molecule has 4 unspecified atom stereocenters. The molecule has 1 aliphatic rings. The van der Waals surface area contributed by atoms with E-state index < -0.39 is 6.29 Å². The summed E-state index contributed by atoms with van der Waals surface area (Å²) < 4.78 is 11.3. The topological polar surface area (TPSA) is 38.7 Å². The molecule has 0 saturated carbocycles. The third-order valence-corrected chi connectivity index (χ3v) is 3.30. The molecule has 0 amide bonds. The van der Waals surface area contributed by atoms with Gasteiger partial charge in [0, 0.05) is 12.3 Å². The Labute approximate surface area is 102 Å². The van der Waals surface area contributed by atoms with Crippen LogP contribution in [0.5, 0.6) is 0 Å². The van der Waals surface area contributed by atoms with E-state index in [1.807, 2.05) is 37.3 Å². The van der Waals surface area contributed by atoms with E-state index >= 15 is 0 Å². The molecule has 0 aromatic heterocycles. The first kappa shape index (κ1) is 12.6. The maximum Gasteiger partial charge on any atom is 0.165 e. The van der Waals surface area contributed by atoms with Crippen LogP contribution in [0.4, 0.5) is 0 Å². The lowest BCUT2D eigenvalue weighted by Crippen LogP contribution is -2.45. The Hall–Kier alpha value is -0.900. The monoisotopic (exact) mass is 236 g/mol. The SMILES string of the molecule is CCC1OC(Cc2ccccc2)OC(O)C1C. The van der Waals surface area contributed by atoms with Crippen LogP contribution in [0.3, 0.4) is 0 Å². The summed E-state index contributed by atoms with van der Waals surface area (Å²) in [7, 11) is 0. The first-order chi connectivity index (χ1) is 8.20. The molecule has 3 heteroatoms. The van der Waals surface area contributed by atoms with Gasteiger partial charge in [0.1, 0.15) is 0 Å². The van der Waals surface area contributed by atoms with Crippen molar-refractivity contribution in [1.29, 1.82) is 0 Å². The summed E-state index contributed by atoms with van der Waals surface area (Å²) in [6.45, 7) is 4.02. The Bertz CT molecular complexity index is 339. The summed E-state index contributed by atoms with van der Waals surface area (Å²) in [5.41, 5.74) is 1.16. The van der Waals surface area contributed by atoms with Crippen molar-refractivity contribution in [1.82, 2.24) is 0 Å². The van der Waals surface area contributed by atoms with Crippen LogP contribution in [0, 0.1) is 5.92 Å². The Balaban J connectivity index is 1.98. The highest BCUT2D eigenvalue weighted by atomic mass is 16.7. The lowest BCUT2D eigenvalue weighted by atomic mass is 10.00. The van der Waals surface area contributed by atoms with Gasteiger partial charge in [0.15, 0.2) is 12.6 Å². The number of benzene rings is 1. The molecule has 1 N–H and O–H groups in total. The first-order valence-corrected chi connectivity index (χ1v) is 6.23. The van der Waals surface area contributed by atoms with Gasteiger partial charge in [-0.05, 0) is 12.0 Å². The highest BCUT2D eigenvalue weighted by Gasteiger charge is 2.34. The fraction of sp³-hybridized carbons (Fsp3) is 0.571. The summed E-state index contributed by atoms with van der Waals surface area (Å²) in [6.07, 6.45) is 0.594. The summed E-state index contributed by atoms with van der Waals surface area (Å²) in [4.78, 5) is 0. The van der Waals surface area contributed by atoms with E-state index in [0.717, 1.165) is 12.0 Å². The Morgan fingerprint density at radius 2 is 1.88 bits per heavy atom. The number of aliphatic hydroxyl groups excluding tert-OH is 1. The number of rotatable bonds is 3. The number of aliphatic hydroxyl groups is 1. The predicted molar refractivity (Wildman–Crippen MR) is 65.4 cm³/mol. The van der Waals surface area contributed by atoms with Gasteiger partial charge in [-0.1, -0.05) is 44.2 Å². The first-order valence-electron chi connectivity index (χ1n) is 6.23. The van der Waals surface area contributed by atoms with Crippen LogP contribution in [0.25, 0.3) is 0 Å². The van der Waals surface area contributed by atoms with E-state index in [2.05, 4.69) is 6.92 Å².